The highest BCUT2D eigenvalue weighted by Gasteiger charge is 2.28. The zero-order valence-corrected chi connectivity index (χ0v) is 12.5. The van der Waals surface area contributed by atoms with Gasteiger partial charge < -0.3 is 20.1 Å². The quantitative estimate of drug-likeness (QED) is 0.568. The Hall–Kier alpha value is -1.64. The summed E-state index contributed by atoms with van der Waals surface area (Å²) < 4.78 is 5.11. The zero-order valence-electron chi connectivity index (χ0n) is 11.7. The van der Waals surface area contributed by atoms with E-state index in [2.05, 4.69) is 5.32 Å². The number of carbonyl (C=O) groups is 2. The van der Waals surface area contributed by atoms with Crippen molar-refractivity contribution in [2.75, 3.05) is 6.61 Å². The van der Waals surface area contributed by atoms with Gasteiger partial charge in [-0.2, -0.15) is 0 Å². The van der Waals surface area contributed by atoms with Gasteiger partial charge in [-0.25, -0.2) is 0 Å². The molecular weight excluding hydrogens is 293 g/mol. The highest BCUT2D eigenvalue weighted by molar-refractivity contribution is 7.10. The van der Waals surface area contributed by atoms with E-state index in [0.717, 1.165) is 11.8 Å². The fraction of sp³-hybridized carbons (Fsp3) is 0.385. The molecule has 0 radical (unpaired) electrons. The van der Waals surface area contributed by atoms with Crippen LogP contribution in [0.15, 0.2) is 29.7 Å². The van der Waals surface area contributed by atoms with E-state index >= 15 is 0 Å². The van der Waals surface area contributed by atoms with Crippen molar-refractivity contribution in [3.8, 4) is 0 Å². The number of carboxylic acids is 1. The molecule has 2 rings (SSSR count). The summed E-state index contributed by atoms with van der Waals surface area (Å²) in [7, 11) is -0.933. The number of hydrogen-bond acceptors (Lipinski definition) is 5. The summed E-state index contributed by atoms with van der Waals surface area (Å²) >= 11 is 1.55. The van der Waals surface area contributed by atoms with Crippen LogP contribution >= 0.6 is 11.3 Å². The second-order valence-electron chi connectivity index (χ2n) is 4.38. The Morgan fingerprint density at radius 2 is 2.24 bits per heavy atom. The van der Waals surface area contributed by atoms with Crippen LogP contribution in [0.25, 0.3) is 0 Å². The first-order chi connectivity index (χ1) is 9.99. The Kier molecular flexibility index (Phi) is 7.74. The van der Waals surface area contributed by atoms with Gasteiger partial charge in [0.1, 0.15) is 0 Å². The molecule has 1 aromatic heterocycles. The summed E-state index contributed by atoms with van der Waals surface area (Å²) in [6.45, 7) is 1.47. The fourth-order valence-electron chi connectivity index (χ4n) is 1.66. The van der Waals surface area contributed by atoms with Gasteiger partial charge in [0.15, 0.2) is 0 Å². The molecule has 0 fully saturated rings. The SMILES string of the molecule is CC(=O)O.O=C(Cc1cccs1)NC1CC=CCOB1O. The summed E-state index contributed by atoms with van der Waals surface area (Å²) in [6, 6.07) is 3.84. The van der Waals surface area contributed by atoms with Crippen molar-refractivity contribution in [2.24, 2.45) is 0 Å². The molecular formula is C13H18BNO5S. The van der Waals surface area contributed by atoms with Gasteiger partial charge in [-0.1, -0.05) is 18.2 Å². The van der Waals surface area contributed by atoms with Crippen molar-refractivity contribution >= 4 is 30.3 Å². The molecule has 0 saturated heterocycles. The lowest BCUT2D eigenvalue weighted by Gasteiger charge is -2.17. The number of aliphatic carboxylic acids is 1. The smallest absolute Gasteiger partial charge is 0.478 e. The molecule has 1 aromatic rings. The molecule has 1 atom stereocenters. The predicted octanol–water partition coefficient (Wildman–Crippen LogP) is 0.862. The Morgan fingerprint density at radius 3 is 2.86 bits per heavy atom. The van der Waals surface area contributed by atoms with Gasteiger partial charge in [0.25, 0.3) is 5.97 Å². The minimum atomic E-state index is -0.933. The number of thiophene rings is 1. The molecule has 0 saturated carbocycles. The van der Waals surface area contributed by atoms with Crippen LogP contribution in [-0.2, 0) is 20.7 Å². The molecule has 0 spiro atoms. The number of nitrogens with one attached hydrogen (secondary N) is 1. The van der Waals surface area contributed by atoms with Crippen molar-refractivity contribution < 1.29 is 24.4 Å². The summed E-state index contributed by atoms with van der Waals surface area (Å²) in [6.07, 6.45) is 4.70. The summed E-state index contributed by atoms with van der Waals surface area (Å²) in [5.41, 5.74) is 0. The number of carboxylic acid groups (broad SMARTS) is 1. The third kappa shape index (κ3) is 7.64. The molecule has 0 aliphatic carbocycles. The van der Waals surface area contributed by atoms with Gasteiger partial charge in [0.05, 0.1) is 12.4 Å². The van der Waals surface area contributed by atoms with Crippen LogP contribution in [0.3, 0.4) is 0 Å². The minimum absolute atomic E-state index is 0.0876. The Balaban J connectivity index is 0.000000491. The molecule has 2 heterocycles. The molecule has 114 valence electrons. The molecule has 3 N–H and O–H groups in total. The van der Waals surface area contributed by atoms with Crippen molar-refractivity contribution in [1.82, 2.24) is 5.32 Å². The van der Waals surface area contributed by atoms with E-state index in [9.17, 15) is 9.82 Å². The monoisotopic (exact) mass is 311 g/mol. The Labute approximate surface area is 127 Å². The number of hydrogen-bond donors (Lipinski definition) is 3. The normalized spacial score (nSPS) is 17.4. The maximum atomic E-state index is 11.7. The van der Waals surface area contributed by atoms with E-state index in [4.69, 9.17) is 14.6 Å². The largest absolute Gasteiger partial charge is 0.481 e. The maximum Gasteiger partial charge on any atom is 0.478 e. The van der Waals surface area contributed by atoms with Gasteiger partial charge >= 0.3 is 7.12 Å². The summed E-state index contributed by atoms with van der Waals surface area (Å²) in [4.78, 5) is 21.8. The molecule has 1 aliphatic rings. The summed E-state index contributed by atoms with van der Waals surface area (Å²) in [5.74, 6) is -1.28. The van der Waals surface area contributed by atoms with Crippen LogP contribution in [0.4, 0.5) is 0 Å². The van der Waals surface area contributed by atoms with Gasteiger partial charge in [0, 0.05) is 18.4 Å². The van der Waals surface area contributed by atoms with Gasteiger partial charge in [-0.3, -0.25) is 9.59 Å². The third-order valence-electron chi connectivity index (χ3n) is 2.53. The predicted molar refractivity (Wildman–Crippen MR) is 80.9 cm³/mol. The average molecular weight is 311 g/mol. The molecule has 0 bridgehead atoms. The first kappa shape index (κ1) is 17.4. The van der Waals surface area contributed by atoms with Crippen molar-refractivity contribution in [3.05, 3.63) is 34.5 Å². The van der Waals surface area contributed by atoms with Crippen molar-refractivity contribution in [2.45, 2.75) is 25.7 Å². The zero-order chi connectivity index (χ0) is 15.7. The maximum absolute atomic E-state index is 11.7. The highest BCUT2D eigenvalue weighted by Crippen LogP contribution is 2.10. The van der Waals surface area contributed by atoms with Crippen LogP contribution in [0.2, 0.25) is 0 Å². The second-order valence-corrected chi connectivity index (χ2v) is 5.41. The lowest BCUT2D eigenvalue weighted by atomic mass is 9.77. The molecule has 1 unspecified atom stereocenters. The second kappa shape index (κ2) is 9.33. The van der Waals surface area contributed by atoms with E-state index in [1.165, 1.54) is 0 Å². The summed E-state index contributed by atoms with van der Waals surface area (Å²) in [5, 5.41) is 21.8. The molecule has 1 aliphatic heterocycles. The van der Waals surface area contributed by atoms with Gasteiger partial charge in [-0.05, 0) is 17.9 Å². The lowest BCUT2D eigenvalue weighted by Crippen LogP contribution is -2.47. The lowest BCUT2D eigenvalue weighted by molar-refractivity contribution is -0.134. The topological polar surface area (TPSA) is 95.9 Å². The van der Waals surface area contributed by atoms with Crippen LogP contribution in [0, 0.1) is 0 Å². The number of rotatable bonds is 3. The third-order valence-corrected chi connectivity index (χ3v) is 3.40. The minimum Gasteiger partial charge on any atom is -0.481 e. The van der Waals surface area contributed by atoms with Gasteiger partial charge in [-0.15, -0.1) is 11.3 Å². The van der Waals surface area contributed by atoms with Crippen LogP contribution in [0.1, 0.15) is 18.2 Å². The average Bonchev–Trinajstić information content (AvgIpc) is 2.81. The van der Waals surface area contributed by atoms with Crippen molar-refractivity contribution in [1.29, 1.82) is 0 Å². The van der Waals surface area contributed by atoms with E-state index in [1.807, 2.05) is 29.7 Å². The van der Waals surface area contributed by atoms with Gasteiger partial charge in [0.2, 0.25) is 5.91 Å². The van der Waals surface area contributed by atoms with E-state index in [1.54, 1.807) is 11.3 Å². The first-order valence-electron chi connectivity index (χ1n) is 6.45. The molecule has 6 nitrogen and oxygen atoms in total. The highest BCUT2D eigenvalue weighted by atomic mass is 32.1. The number of amides is 1. The standard InChI is InChI=1S/C11H14BNO3S.C2H4O2/c14-11(8-9-4-3-7-17-9)13-10-5-1-2-6-16-12(10)15;1-2(3)4/h1-4,7,10,15H,5-6,8H2,(H,13,14);1H3,(H,3,4). The van der Waals surface area contributed by atoms with E-state index < -0.39 is 13.1 Å². The van der Waals surface area contributed by atoms with E-state index in [0.29, 0.717) is 19.4 Å². The van der Waals surface area contributed by atoms with E-state index in [-0.39, 0.29) is 11.8 Å². The fourth-order valence-corrected chi connectivity index (χ4v) is 2.36. The number of carbonyl (C=O) groups excluding carboxylic acids is 1. The molecule has 21 heavy (non-hydrogen) atoms. The molecule has 0 aromatic carbocycles. The molecule has 1 amide bonds. The molecule has 8 heteroatoms. The van der Waals surface area contributed by atoms with Crippen LogP contribution in [-0.4, -0.2) is 41.7 Å². The Morgan fingerprint density at radius 1 is 1.52 bits per heavy atom. The first-order valence-corrected chi connectivity index (χ1v) is 7.33. The van der Waals surface area contributed by atoms with Crippen LogP contribution < -0.4 is 5.32 Å². The van der Waals surface area contributed by atoms with Crippen molar-refractivity contribution in [3.63, 3.8) is 0 Å². The van der Waals surface area contributed by atoms with Crippen LogP contribution in [0.5, 0.6) is 0 Å². The Bertz CT molecular complexity index is 473.